The van der Waals surface area contributed by atoms with Gasteiger partial charge in [0.15, 0.2) is 0 Å². The lowest BCUT2D eigenvalue weighted by Crippen LogP contribution is -1.96. The average molecular weight is 585 g/mol. The molecule has 0 radical (unpaired) electrons. The van der Waals surface area contributed by atoms with Gasteiger partial charge in [0.2, 0.25) is 0 Å². The van der Waals surface area contributed by atoms with Crippen LogP contribution in [0.25, 0.3) is 44.4 Å². The summed E-state index contributed by atoms with van der Waals surface area (Å²) >= 11 is 0. The molecule has 9 heteroatoms. The number of aromatic amines is 2. The number of hydrogen-bond donors (Lipinski definition) is 6. The van der Waals surface area contributed by atoms with Crippen molar-refractivity contribution in [2.45, 2.75) is 79.4 Å². The maximum Gasteiger partial charge on any atom is 0.303 e. The summed E-state index contributed by atoms with van der Waals surface area (Å²) < 4.78 is 0. The molecule has 2 aliphatic rings. The zero-order chi connectivity index (χ0) is 31.2. The quantitative estimate of drug-likeness (QED) is 0.176. The number of aliphatic hydroxyl groups is 3. The Labute approximate surface area is 250 Å². The van der Waals surface area contributed by atoms with E-state index in [-0.39, 0.29) is 13.0 Å². The highest BCUT2D eigenvalue weighted by Crippen LogP contribution is 2.38. The molecule has 2 aliphatic heterocycles. The van der Waals surface area contributed by atoms with Crippen molar-refractivity contribution in [2.24, 2.45) is 0 Å². The van der Waals surface area contributed by atoms with Gasteiger partial charge in [0.25, 0.3) is 0 Å². The third-order valence-electron chi connectivity index (χ3n) is 8.64. The maximum absolute atomic E-state index is 11.5. The highest BCUT2D eigenvalue weighted by atomic mass is 16.4. The number of nitrogens with zero attached hydrogens (tertiary/aromatic N) is 2. The molecule has 2 atom stereocenters. The molecule has 3 aromatic rings. The molecule has 0 saturated carbocycles. The number of carboxylic acid groups (broad SMARTS) is 1. The number of aliphatic hydroxyl groups excluding tert-OH is 3. The molecule has 5 heterocycles. The van der Waals surface area contributed by atoms with Crippen LogP contribution in [0.15, 0.2) is 24.3 Å². The third-order valence-corrected chi connectivity index (χ3v) is 8.64. The lowest BCUT2D eigenvalue weighted by molar-refractivity contribution is -0.136. The number of aromatic nitrogens is 4. The number of nitrogens with one attached hydrogen (secondary N) is 2. The predicted molar refractivity (Wildman–Crippen MR) is 170 cm³/mol. The Bertz CT molecular complexity index is 1840. The zero-order valence-corrected chi connectivity index (χ0v) is 25.6. The lowest BCUT2D eigenvalue weighted by atomic mass is 9.98. The zero-order valence-electron chi connectivity index (χ0n) is 25.6. The van der Waals surface area contributed by atoms with Crippen LogP contribution in [0.5, 0.6) is 0 Å². The summed E-state index contributed by atoms with van der Waals surface area (Å²) in [7, 11) is 0. The van der Waals surface area contributed by atoms with Crippen LogP contribution in [0.3, 0.4) is 0 Å². The van der Waals surface area contributed by atoms with E-state index < -0.39 is 18.2 Å². The number of rotatable bonds is 8. The van der Waals surface area contributed by atoms with Crippen molar-refractivity contribution in [2.75, 3.05) is 6.61 Å². The van der Waals surface area contributed by atoms with Gasteiger partial charge in [0, 0.05) is 46.2 Å². The lowest BCUT2D eigenvalue weighted by Gasteiger charge is -2.05. The normalized spacial score (nSPS) is 14.9. The van der Waals surface area contributed by atoms with Crippen LogP contribution in [-0.2, 0) is 4.79 Å². The van der Waals surface area contributed by atoms with Crippen molar-refractivity contribution in [1.82, 2.24) is 19.9 Å². The first-order valence-corrected chi connectivity index (χ1v) is 14.8. The van der Waals surface area contributed by atoms with E-state index in [0.717, 1.165) is 78.0 Å². The minimum Gasteiger partial charge on any atom is -0.481 e. The molecule has 9 nitrogen and oxygen atoms in total. The largest absolute Gasteiger partial charge is 0.481 e. The van der Waals surface area contributed by atoms with Crippen LogP contribution >= 0.6 is 0 Å². The van der Waals surface area contributed by atoms with Gasteiger partial charge in [-0.25, -0.2) is 9.97 Å². The Hall–Kier alpha value is -4.05. The number of aryl methyl sites for hydroxylation is 2. The summed E-state index contributed by atoms with van der Waals surface area (Å²) in [5.74, 6) is -0.880. The molecule has 0 fully saturated rings. The molecule has 8 bridgehead atoms. The predicted octanol–water partition coefficient (Wildman–Crippen LogP) is 6.54. The van der Waals surface area contributed by atoms with Crippen molar-refractivity contribution in [3.63, 3.8) is 0 Å². The van der Waals surface area contributed by atoms with E-state index in [1.54, 1.807) is 13.8 Å². The van der Waals surface area contributed by atoms with Gasteiger partial charge >= 0.3 is 5.97 Å². The summed E-state index contributed by atoms with van der Waals surface area (Å²) in [5, 5.41) is 40.7. The van der Waals surface area contributed by atoms with Crippen LogP contribution in [-0.4, -0.2) is 52.9 Å². The molecule has 226 valence electrons. The Morgan fingerprint density at radius 3 is 1.67 bits per heavy atom. The number of carbonyl (C=O) groups is 1. The molecule has 3 aromatic heterocycles. The smallest absolute Gasteiger partial charge is 0.303 e. The second-order valence-corrected chi connectivity index (χ2v) is 11.6. The van der Waals surface area contributed by atoms with Gasteiger partial charge in [0.1, 0.15) is 0 Å². The van der Waals surface area contributed by atoms with Gasteiger partial charge in [-0.2, -0.15) is 0 Å². The number of aliphatic carboxylic acids is 1. The van der Waals surface area contributed by atoms with Gasteiger partial charge in [-0.15, -0.1) is 0 Å². The highest BCUT2D eigenvalue weighted by Gasteiger charge is 2.23. The van der Waals surface area contributed by atoms with E-state index in [9.17, 15) is 25.2 Å². The summed E-state index contributed by atoms with van der Waals surface area (Å²) in [6.07, 6.45) is 0.0155. The highest BCUT2D eigenvalue weighted by molar-refractivity contribution is 5.96. The first kappa shape index (κ1) is 30.4. The molecule has 0 aliphatic carbocycles. The van der Waals surface area contributed by atoms with Crippen LogP contribution < -0.4 is 0 Å². The number of H-pyrrole nitrogens is 2. The number of allylic oxidation sites excluding steroid dienone is 4. The molecule has 0 saturated heterocycles. The molecule has 0 spiro atoms. The summed E-state index contributed by atoms with van der Waals surface area (Å²) in [5.41, 5.74) is 13.0. The summed E-state index contributed by atoms with van der Waals surface area (Å²) in [6, 6.07) is 7.78. The number of hydrogen-bond acceptors (Lipinski definition) is 6. The van der Waals surface area contributed by atoms with E-state index >= 15 is 0 Å². The second kappa shape index (κ2) is 11.9. The van der Waals surface area contributed by atoms with Crippen LogP contribution in [0, 0.1) is 13.8 Å². The van der Waals surface area contributed by atoms with Crippen molar-refractivity contribution in [1.29, 1.82) is 0 Å². The van der Waals surface area contributed by atoms with E-state index in [1.807, 2.05) is 52.0 Å². The van der Waals surface area contributed by atoms with Gasteiger partial charge in [-0.05, 0) is 118 Å². The minimum absolute atomic E-state index is 0.0279. The van der Waals surface area contributed by atoms with Crippen molar-refractivity contribution < 1.29 is 25.2 Å². The molecule has 5 rings (SSSR count). The molecule has 2 unspecified atom stereocenters. The molecule has 6 N–H and O–H groups in total. The average Bonchev–Trinajstić information content (AvgIpc) is 3.59. The first-order chi connectivity index (χ1) is 20.4. The van der Waals surface area contributed by atoms with E-state index in [4.69, 9.17) is 9.97 Å². The summed E-state index contributed by atoms with van der Waals surface area (Å²) in [6.45, 7) is 11.4. The standard InChI is InChI=1S/C34H40N4O5/c1-16-22(8-7-11-39)28-15-29-23(9-10-32(42)43)17(2)24(35-29)12-26-18(3)33(20(5)40)31(37-26)14-27-19(4)34(21(6)41)30(38-27)13-25(16)36-28/h12-15,20-21,37-41H,7-11H2,1-6H3,(H,42,43). The van der Waals surface area contributed by atoms with Crippen molar-refractivity contribution in [3.8, 4) is 0 Å². The molecular formula is C34H40N4O5. The van der Waals surface area contributed by atoms with Crippen molar-refractivity contribution in [3.05, 3.63) is 69.3 Å². The Morgan fingerprint density at radius 1 is 0.721 bits per heavy atom. The minimum atomic E-state index is -0.880. The maximum atomic E-state index is 11.5. The number of carboxylic acids is 1. The Kier molecular flexibility index (Phi) is 8.42. The number of fused-ring (bicyclic) bond motifs is 8. The van der Waals surface area contributed by atoms with Gasteiger partial charge in [-0.1, -0.05) is 0 Å². The van der Waals surface area contributed by atoms with Gasteiger partial charge in [0.05, 0.1) is 35.0 Å². The van der Waals surface area contributed by atoms with E-state index in [0.29, 0.717) is 30.7 Å². The first-order valence-electron chi connectivity index (χ1n) is 14.8. The topological polar surface area (TPSA) is 155 Å². The third kappa shape index (κ3) is 5.68. The van der Waals surface area contributed by atoms with Crippen LogP contribution in [0.1, 0.15) is 111 Å². The Balaban J connectivity index is 1.95. The SMILES string of the molecule is CC1=C(CCCO)c2cc3nc(cc4[nH]c(cc5[nH]c(cc1n2)c(C(C)O)c5C)c(C(C)O)c4C)C(C)=C3CCC(=O)O. The monoisotopic (exact) mass is 584 g/mol. The fourth-order valence-electron chi connectivity index (χ4n) is 6.34. The van der Waals surface area contributed by atoms with E-state index in [1.165, 1.54) is 0 Å². The van der Waals surface area contributed by atoms with Crippen molar-refractivity contribution >= 4 is 50.3 Å². The molecule has 43 heavy (non-hydrogen) atoms. The van der Waals surface area contributed by atoms with Crippen LogP contribution in [0.4, 0.5) is 0 Å². The fourth-order valence-corrected chi connectivity index (χ4v) is 6.34. The van der Waals surface area contributed by atoms with Gasteiger partial charge < -0.3 is 30.4 Å². The summed E-state index contributed by atoms with van der Waals surface area (Å²) in [4.78, 5) is 28.5. The van der Waals surface area contributed by atoms with Gasteiger partial charge in [-0.3, -0.25) is 4.79 Å². The Morgan fingerprint density at radius 2 is 1.19 bits per heavy atom. The fraction of sp³-hybridized carbons (Fsp3) is 0.382. The van der Waals surface area contributed by atoms with E-state index in [2.05, 4.69) is 9.97 Å². The molecular weight excluding hydrogens is 544 g/mol. The second-order valence-electron chi connectivity index (χ2n) is 11.6. The molecule has 0 amide bonds. The molecule has 0 aromatic carbocycles. The van der Waals surface area contributed by atoms with Crippen LogP contribution in [0.2, 0.25) is 0 Å².